The van der Waals surface area contributed by atoms with Crippen molar-refractivity contribution in [3.8, 4) is 11.5 Å². The number of aromatic nitrogens is 2. The smallest absolute Gasteiger partial charge is 0.251 e. The Morgan fingerprint density at radius 3 is 2.48 bits per heavy atom. The summed E-state index contributed by atoms with van der Waals surface area (Å²) in [5.74, 6) is 2.07. The summed E-state index contributed by atoms with van der Waals surface area (Å²) in [5, 5.41) is 3.00. The Morgan fingerprint density at radius 1 is 0.968 bits per heavy atom. The van der Waals surface area contributed by atoms with Gasteiger partial charge in [-0.05, 0) is 42.8 Å². The molecular formula is C25H25N3O3. The summed E-state index contributed by atoms with van der Waals surface area (Å²) in [7, 11) is 1.63. The molecule has 0 aliphatic rings. The van der Waals surface area contributed by atoms with Gasteiger partial charge >= 0.3 is 0 Å². The highest BCUT2D eigenvalue weighted by atomic mass is 16.5. The number of methoxy groups -OCH3 is 1. The number of hydrogen-bond donors (Lipinski definition) is 1. The third-order valence-corrected chi connectivity index (χ3v) is 5.17. The lowest BCUT2D eigenvalue weighted by Gasteiger charge is -2.13. The highest BCUT2D eigenvalue weighted by Crippen LogP contribution is 2.26. The van der Waals surface area contributed by atoms with E-state index >= 15 is 0 Å². The maximum atomic E-state index is 12.6. The third kappa shape index (κ3) is 4.53. The van der Waals surface area contributed by atoms with Gasteiger partial charge in [0.05, 0.1) is 31.2 Å². The number of amides is 1. The number of aryl methyl sites for hydroxylation is 1. The Morgan fingerprint density at radius 2 is 1.68 bits per heavy atom. The summed E-state index contributed by atoms with van der Waals surface area (Å²) in [6.45, 7) is 3.30. The van der Waals surface area contributed by atoms with E-state index in [-0.39, 0.29) is 5.91 Å². The molecule has 0 unspecified atom stereocenters. The van der Waals surface area contributed by atoms with Gasteiger partial charge in [0.1, 0.15) is 12.4 Å². The number of para-hydroxylation sites is 4. The van der Waals surface area contributed by atoms with Crippen molar-refractivity contribution in [1.82, 2.24) is 14.9 Å². The van der Waals surface area contributed by atoms with Gasteiger partial charge in [-0.3, -0.25) is 4.79 Å². The van der Waals surface area contributed by atoms with Crippen molar-refractivity contribution in [3.63, 3.8) is 0 Å². The molecular weight excluding hydrogens is 390 g/mol. The van der Waals surface area contributed by atoms with Gasteiger partial charge in [-0.2, -0.15) is 0 Å². The van der Waals surface area contributed by atoms with Crippen LogP contribution in [-0.2, 0) is 13.1 Å². The quantitative estimate of drug-likeness (QED) is 0.464. The maximum Gasteiger partial charge on any atom is 0.251 e. The fraction of sp³-hybridized carbons (Fsp3) is 0.200. The van der Waals surface area contributed by atoms with Crippen LogP contribution < -0.4 is 14.8 Å². The van der Waals surface area contributed by atoms with E-state index in [2.05, 4.69) is 9.88 Å². The van der Waals surface area contributed by atoms with Crippen molar-refractivity contribution < 1.29 is 14.3 Å². The summed E-state index contributed by atoms with van der Waals surface area (Å²) < 4.78 is 13.4. The normalized spacial score (nSPS) is 10.8. The first-order valence-corrected chi connectivity index (χ1v) is 10.2. The zero-order valence-electron chi connectivity index (χ0n) is 17.7. The summed E-state index contributed by atoms with van der Waals surface area (Å²) in [5.41, 5.74) is 3.51. The van der Waals surface area contributed by atoms with E-state index in [1.54, 1.807) is 7.11 Å². The van der Waals surface area contributed by atoms with Crippen LogP contribution in [0.2, 0.25) is 0 Å². The highest BCUT2D eigenvalue weighted by molar-refractivity contribution is 5.95. The number of hydrogen-bond acceptors (Lipinski definition) is 4. The van der Waals surface area contributed by atoms with Crippen LogP contribution >= 0.6 is 0 Å². The second kappa shape index (κ2) is 9.34. The Kier molecular flexibility index (Phi) is 6.17. The van der Waals surface area contributed by atoms with E-state index in [0.29, 0.717) is 36.8 Å². The number of fused-ring (bicyclic) bond motifs is 1. The van der Waals surface area contributed by atoms with Crippen LogP contribution in [0.5, 0.6) is 11.5 Å². The topological polar surface area (TPSA) is 65.4 Å². The van der Waals surface area contributed by atoms with Gasteiger partial charge in [0.15, 0.2) is 11.5 Å². The highest BCUT2D eigenvalue weighted by Gasteiger charge is 2.14. The monoisotopic (exact) mass is 415 g/mol. The zero-order chi connectivity index (χ0) is 21.6. The number of rotatable bonds is 8. The molecule has 158 valence electrons. The molecule has 0 aliphatic carbocycles. The van der Waals surface area contributed by atoms with Crippen molar-refractivity contribution in [2.75, 3.05) is 13.7 Å². The second-order valence-electron chi connectivity index (χ2n) is 7.17. The van der Waals surface area contributed by atoms with Crippen LogP contribution in [-0.4, -0.2) is 29.2 Å². The van der Waals surface area contributed by atoms with Crippen LogP contribution in [0.4, 0.5) is 0 Å². The molecule has 0 saturated heterocycles. The number of carbonyl (C=O) groups is 1. The third-order valence-electron chi connectivity index (χ3n) is 5.17. The molecule has 0 fully saturated rings. The Hall–Kier alpha value is -3.80. The van der Waals surface area contributed by atoms with Gasteiger partial charge in [-0.25, -0.2) is 4.98 Å². The van der Waals surface area contributed by atoms with E-state index in [1.165, 1.54) is 0 Å². The zero-order valence-corrected chi connectivity index (χ0v) is 17.7. The Labute approximate surface area is 181 Å². The number of nitrogens with one attached hydrogen (secondary N) is 1. The predicted molar refractivity (Wildman–Crippen MR) is 121 cm³/mol. The Bertz CT molecular complexity index is 1200. The first kappa shape index (κ1) is 20.5. The summed E-state index contributed by atoms with van der Waals surface area (Å²) in [4.78, 5) is 17.4. The average Bonchev–Trinajstić information content (AvgIpc) is 3.15. The number of imidazole rings is 1. The minimum atomic E-state index is -0.109. The van der Waals surface area contributed by atoms with Crippen molar-refractivity contribution >= 4 is 16.9 Å². The largest absolute Gasteiger partial charge is 0.493 e. The summed E-state index contributed by atoms with van der Waals surface area (Å²) >= 11 is 0. The molecule has 1 amide bonds. The molecule has 0 aliphatic heterocycles. The van der Waals surface area contributed by atoms with Gasteiger partial charge < -0.3 is 19.4 Å². The van der Waals surface area contributed by atoms with Gasteiger partial charge in [0.2, 0.25) is 0 Å². The SMILES string of the molecule is COc1ccccc1OCCn1c(CNC(=O)c2ccccc2C)nc2ccccc21. The molecule has 1 heterocycles. The van der Waals surface area contributed by atoms with Gasteiger partial charge in [0.25, 0.3) is 5.91 Å². The lowest BCUT2D eigenvalue weighted by Crippen LogP contribution is -2.26. The summed E-state index contributed by atoms with van der Waals surface area (Å²) in [6, 6.07) is 23.1. The molecule has 0 spiro atoms. The van der Waals surface area contributed by atoms with E-state index < -0.39 is 0 Å². The Balaban J connectivity index is 1.50. The van der Waals surface area contributed by atoms with Gasteiger partial charge in [0, 0.05) is 5.56 Å². The molecule has 31 heavy (non-hydrogen) atoms. The number of ether oxygens (including phenoxy) is 2. The molecule has 4 rings (SSSR count). The predicted octanol–water partition coefficient (Wildman–Crippen LogP) is 4.36. The van der Waals surface area contributed by atoms with E-state index in [4.69, 9.17) is 14.5 Å². The first-order valence-electron chi connectivity index (χ1n) is 10.2. The van der Waals surface area contributed by atoms with Crippen LogP contribution in [0.1, 0.15) is 21.7 Å². The lowest BCUT2D eigenvalue weighted by molar-refractivity contribution is 0.0949. The molecule has 0 atom stereocenters. The fourth-order valence-electron chi connectivity index (χ4n) is 3.58. The van der Waals surface area contributed by atoms with Gasteiger partial charge in [-0.1, -0.05) is 42.5 Å². The molecule has 1 aromatic heterocycles. The number of carbonyl (C=O) groups excluding carboxylic acids is 1. The lowest BCUT2D eigenvalue weighted by atomic mass is 10.1. The number of nitrogens with zero attached hydrogens (tertiary/aromatic N) is 2. The molecule has 4 aromatic rings. The maximum absolute atomic E-state index is 12.6. The standard InChI is InChI=1S/C25H25N3O3/c1-18-9-3-4-10-19(18)25(29)26-17-24-27-20-11-5-6-12-21(20)28(24)15-16-31-23-14-8-7-13-22(23)30-2/h3-14H,15-17H2,1-2H3,(H,26,29). The van der Waals surface area contributed by atoms with Crippen LogP contribution in [0.15, 0.2) is 72.8 Å². The molecule has 6 heteroatoms. The molecule has 0 saturated carbocycles. The number of benzene rings is 3. The van der Waals surface area contributed by atoms with Crippen molar-refractivity contribution in [3.05, 3.63) is 89.7 Å². The molecule has 6 nitrogen and oxygen atoms in total. The minimum Gasteiger partial charge on any atom is -0.493 e. The molecule has 1 N–H and O–H groups in total. The van der Waals surface area contributed by atoms with Crippen molar-refractivity contribution in [2.24, 2.45) is 0 Å². The second-order valence-corrected chi connectivity index (χ2v) is 7.17. The van der Waals surface area contributed by atoms with E-state index in [1.807, 2.05) is 79.7 Å². The van der Waals surface area contributed by atoms with E-state index in [0.717, 1.165) is 22.4 Å². The average molecular weight is 415 g/mol. The van der Waals surface area contributed by atoms with E-state index in [9.17, 15) is 4.79 Å². The first-order chi connectivity index (χ1) is 15.2. The van der Waals surface area contributed by atoms with Crippen molar-refractivity contribution in [1.29, 1.82) is 0 Å². The molecule has 0 bridgehead atoms. The van der Waals surface area contributed by atoms with Crippen LogP contribution in [0.25, 0.3) is 11.0 Å². The molecule has 3 aromatic carbocycles. The fourth-order valence-corrected chi connectivity index (χ4v) is 3.58. The van der Waals surface area contributed by atoms with Crippen molar-refractivity contribution in [2.45, 2.75) is 20.0 Å². The summed E-state index contributed by atoms with van der Waals surface area (Å²) in [6.07, 6.45) is 0. The molecule has 0 radical (unpaired) electrons. The van der Waals surface area contributed by atoms with Crippen LogP contribution in [0, 0.1) is 6.92 Å². The van der Waals surface area contributed by atoms with Gasteiger partial charge in [-0.15, -0.1) is 0 Å². The van der Waals surface area contributed by atoms with Crippen LogP contribution in [0.3, 0.4) is 0 Å². The minimum absolute atomic E-state index is 0.109.